The van der Waals surface area contributed by atoms with Gasteiger partial charge in [-0.15, -0.1) is 0 Å². The molecule has 0 aromatic carbocycles. The average Bonchev–Trinajstić information content (AvgIpc) is 2.46. The van der Waals surface area contributed by atoms with E-state index in [1.165, 1.54) is 0 Å². The topological polar surface area (TPSA) is 83.0 Å². The van der Waals surface area contributed by atoms with Gasteiger partial charge in [-0.2, -0.15) is 15.0 Å². The number of halogens is 1. The highest BCUT2D eigenvalue weighted by Gasteiger charge is 2.30. The molecule has 1 aromatic rings. The van der Waals surface area contributed by atoms with Crippen molar-refractivity contribution in [3.05, 3.63) is 5.28 Å². The molecule has 1 amide bonds. The second kappa shape index (κ2) is 6.69. The van der Waals surface area contributed by atoms with Gasteiger partial charge in [0, 0.05) is 20.1 Å². The van der Waals surface area contributed by atoms with Gasteiger partial charge in [0.15, 0.2) is 0 Å². The Morgan fingerprint density at radius 1 is 1.40 bits per heavy atom. The fourth-order valence-electron chi connectivity index (χ4n) is 2.32. The Morgan fingerprint density at radius 2 is 2.20 bits per heavy atom. The number of carbonyl (C=O) groups is 1. The summed E-state index contributed by atoms with van der Waals surface area (Å²) in [5.74, 6) is 0.865. The van der Waals surface area contributed by atoms with Crippen molar-refractivity contribution >= 4 is 29.4 Å². The highest BCUT2D eigenvalue weighted by molar-refractivity contribution is 6.28. The molecule has 0 saturated carbocycles. The van der Waals surface area contributed by atoms with E-state index in [4.69, 9.17) is 11.6 Å². The zero-order valence-corrected chi connectivity index (χ0v) is 12.4. The van der Waals surface area contributed by atoms with Crippen molar-refractivity contribution in [3.63, 3.8) is 0 Å². The first-order chi connectivity index (χ1) is 9.65. The predicted octanol–water partition coefficient (Wildman–Crippen LogP) is 1.06. The van der Waals surface area contributed by atoms with Crippen LogP contribution in [0.5, 0.6) is 0 Å². The Labute approximate surface area is 123 Å². The summed E-state index contributed by atoms with van der Waals surface area (Å²) in [7, 11) is 1.64. The molecule has 0 bridgehead atoms. The summed E-state index contributed by atoms with van der Waals surface area (Å²) in [4.78, 5) is 26.4. The SMILES string of the molecule is CCNc1nc(Cl)nc(N2CCCCC2C(=O)NC)n1. The van der Waals surface area contributed by atoms with Crippen molar-refractivity contribution in [2.75, 3.05) is 30.4 Å². The van der Waals surface area contributed by atoms with Crippen LogP contribution >= 0.6 is 11.6 Å². The summed E-state index contributed by atoms with van der Waals surface area (Å²) in [5.41, 5.74) is 0. The highest BCUT2D eigenvalue weighted by atomic mass is 35.5. The summed E-state index contributed by atoms with van der Waals surface area (Å²) in [5, 5.41) is 5.83. The minimum atomic E-state index is -0.248. The summed E-state index contributed by atoms with van der Waals surface area (Å²) in [6.07, 6.45) is 2.82. The lowest BCUT2D eigenvalue weighted by Gasteiger charge is -2.34. The molecule has 1 fully saturated rings. The van der Waals surface area contributed by atoms with Crippen LogP contribution in [-0.4, -0.2) is 47.0 Å². The van der Waals surface area contributed by atoms with Crippen molar-refractivity contribution in [3.8, 4) is 0 Å². The van der Waals surface area contributed by atoms with E-state index < -0.39 is 0 Å². The zero-order chi connectivity index (χ0) is 14.5. The van der Waals surface area contributed by atoms with Gasteiger partial charge >= 0.3 is 0 Å². The summed E-state index contributed by atoms with van der Waals surface area (Å²) in [6.45, 7) is 3.38. The molecule has 1 aromatic heterocycles. The van der Waals surface area contributed by atoms with Gasteiger partial charge in [-0.1, -0.05) is 0 Å². The van der Waals surface area contributed by atoms with Crippen LogP contribution in [0.1, 0.15) is 26.2 Å². The molecule has 1 atom stereocenters. The largest absolute Gasteiger partial charge is 0.357 e. The number of hydrogen-bond donors (Lipinski definition) is 2. The van der Waals surface area contributed by atoms with Crippen LogP contribution in [0.25, 0.3) is 0 Å². The maximum atomic E-state index is 12.0. The second-order valence-electron chi connectivity index (χ2n) is 4.58. The van der Waals surface area contributed by atoms with Crippen LogP contribution in [0.2, 0.25) is 5.28 Å². The van der Waals surface area contributed by atoms with E-state index >= 15 is 0 Å². The van der Waals surface area contributed by atoms with Gasteiger partial charge in [0.2, 0.25) is 23.1 Å². The summed E-state index contributed by atoms with van der Waals surface area (Å²) in [6, 6.07) is -0.248. The summed E-state index contributed by atoms with van der Waals surface area (Å²) >= 11 is 5.94. The van der Waals surface area contributed by atoms with E-state index in [1.54, 1.807) is 7.05 Å². The van der Waals surface area contributed by atoms with Crippen LogP contribution in [0.15, 0.2) is 0 Å². The molecule has 0 radical (unpaired) electrons. The Morgan fingerprint density at radius 3 is 2.90 bits per heavy atom. The molecule has 0 aliphatic carbocycles. The third-order valence-corrected chi connectivity index (χ3v) is 3.41. The van der Waals surface area contributed by atoms with Gasteiger partial charge in [-0.05, 0) is 37.8 Å². The van der Waals surface area contributed by atoms with Gasteiger partial charge in [0.05, 0.1) is 0 Å². The number of piperidine rings is 1. The number of amides is 1. The number of nitrogens with one attached hydrogen (secondary N) is 2. The third kappa shape index (κ3) is 3.27. The molecule has 8 heteroatoms. The molecule has 1 saturated heterocycles. The van der Waals surface area contributed by atoms with E-state index in [1.807, 2.05) is 11.8 Å². The lowest BCUT2D eigenvalue weighted by Crippen LogP contribution is -2.49. The van der Waals surface area contributed by atoms with E-state index in [2.05, 4.69) is 25.6 Å². The first kappa shape index (κ1) is 14.8. The fourth-order valence-corrected chi connectivity index (χ4v) is 2.47. The number of rotatable bonds is 4. The number of carbonyl (C=O) groups excluding carboxylic acids is 1. The van der Waals surface area contributed by atoms with E-state index in [-0.39, 0.29) is 17.2 Å². The lowest BCUT2D eigenvalue weighted by molar-refractivity contribution is -0.122. The first-order valence-corrected chi connectivity index (χ1v) is 7.17. The lowest BCUT2D eigenvalue weighted by atomic mass is 10.0. The van der Waals surface area contributed by atoms with Crippen LogP contribution in [-0.2, 0) is 4.79 Å². The van der Waals surface area contributed by atoms with Crippen LogP contribution in [0, 0.1) is 0 Å². The standard InChI is InChI=1S/C12H19ClN6O/c1-3-15-11-16-10(13)17-12(18-11)19-7-5-4-6-8(19)9(20)14-2/h8H,3-7H2,1-2H3,(H,14,20)(H,15,16,17,18). The maximum Gasteiger partial charge on any atom is 0.242 e. The maximum absolute atomic E-state index is 12.0. The average molecular weight is 299 g/mol. The molecule has 20 heavy (non-hydrogen) atoms. The Bertz CT molecular complexity index is 483. The molecule has 2 N–H and O–H groups in total. The third-order valence-electron chi connectivity index (χ3n) is 3.24. The molecule has 0 spiro atoms. The molecule has 1 aliphatic heterocycles. The Kier molecular flexibility index (Phi) is 4.94. The molecule has 1 unspecified atom stereocenters. The van der Waals surface area contributed by atoms with Crippen molar-refractivity contribution < 1.29 is 4.79 Å². The minimum absolute atomic E-state index is 0.0220. The normalized spacial score (nSPS) is 18.8. The van der Waals surface area contributed by atoms with Crippen LogP contribution in [0.4, 0.5) is 11.9 Å². The molecule has 7 nitrogen and oxygen atoms in total. The van der Waals surface area contributed by atoms with Crippen molar-refractivity contribution in [2.45, 2.75) is 32.2 Å². The number of aromatic nitrogens is 3. The number of anilines is 2. The molecule has 1 aliphatic rings. The molecule has 2 heterocycles. The predicted molar refractivity (Wildman–Crippen MR) is 78.1 cm³/mol. The molecular weight excluding hydrogens is 280 g/mol. The second-order valence-corrected chi connectivity index (χ2v) is 4.92. The quantitative estimate of drug-likeness (QED) is 0.865. The van der Waals surface area contributed by atoms with E-state index in [9.17, 15) is 4.79 Å². The molecular formula is C12H19ClN6O. The van der Waals surface area contributed by atoms with Gasteiger partial charge < -0.3 is 15.5 Å². The van der Waals surface area contributed by atoms with Gasteiger partial charge in [0.25, 0.3) is 0 Å². The zero-order valence-electron chi connectivity index (χ0n) is 11.7. The highest BCUT2D eigenvalue weighted by Crippen LogP contribution is 2.23. The minimum Gasteiger partial charge on any atom is -0.357 e. The summed E-state index contributed by atoms with van der Waals surface area (Å²) < 4.78 is 0. The van der Waals surface area contributed by atoms with Gasteiger partial charge in [-0.3, -0.25) is 4.79 Å². The monoisotopic (exact) mass is 298 g/mol. The van der Waals surface area contributed by atoms with E-state index in [0.717, 1.165) is 25.8 Å². The van der Waals surface area contributed by atoms with Gasteiger partial charge in [-0.25, -0.2) is 0 Å². The van der Waals surface area contributed by atoms with Crippen molar-refractivity contribution in [2.24, 2.45) is 0 Å². The Balaban J connectivity index is 2.29. The van der Waals surface area contributed by atoms with E-state index in [0.29, 0.717) is 18.4 Å². The Hall–Kier alpha value is -1.63. The van der Waals surface area contributed by atoms with Crippen molar-refractivity contribution in [1.29, 1.82) is 0 Å². The number of nitrogens with zero attached hydrogens (tertiary/aromatic N) is 4. The molecule has 110 valence electrons. The van der Waals surface area contributed by atoms with Gasteiger partial charge in [0.1, 0.15) is 6.04 Å². The number of hydrogen-bond acceptors (Lipinski definition) is 6. The van der Waals surface area contributed by atoms with Crippen LogP contribution < -0.4 is 15.5 Å². The molecule has 2 rings (SSSR count). The smallest absolute Gasteiger partial charge is 0.242 e. The van der Waals surface area contributed by atoms with Crippen molar-refractivity contribution in [1.82, 2.24) is 20.3 Å². The number of likely N-dealkylation sites (N-methyl/N-ethyl adjacent to an activating group) is 1. The van der Waals surface area contributed by atoms with Crippen LogP contribution in [0.3, 0.4) is 0 Å². The fraction of sp³-hybridized carbons (Fsp3) is 0.667. The first-order valence-electron chi connectivity index (χ1n) is 6.79.